The van der Waals surface area contributed by atoms with Crippen LogP contribution in [0, 0.1) is 0 Å². The van der Waals surface area contributed by atoms with Crippen LogP contribution in [0.1, 0.15) is 44.2 Å². The van der Waals surface area contributed by atoms with Crippen LogP contribution in [0.5, 0.6) is 11.5 Å². The Morgan fingerprint density at radius 2 is 1.92 bits per heavy atom. The largest absolute Gasteiger partial charge is 0.490 e. The zero-order valence-electron chi connectivity index (χ0n) is 14.9. The summed E-state index contributed by atoms with van der Waals surface area (Å²) in [7, 11) is 0. The number of amides is 1. The molecular weight excluding hydrogens is 338 g/mol. The highest BCUT2D eigenvalue weighted by Crippen LogP contribution is 2.29. The van der Waals surface area contributed by atoms with Crippen molar-refractivity contribution >= 4 is 28.5 Å². The van der Waals surface area contributed by atoms with Gasteiger partial charge in [0.05, 0.1) is 13.2 Å². The Bertz CT molecular complexity index is 741. The maximum atomic E-state index is 12.0. The molecule has 1 aromatic heterocycles. The number of hydrogen-bond acceptors (Lipinski definition) is 6. The zero-order chi connectivity index (χ0) is 18.2. The molecule has 1 aromatic carbocycles. The van der Waals surface area contributed by atoms with Crippen LogP contribution in [0.3, 0.4) is 0 Å². The second-order valence-corrected chi connectivity index (χ2v) is 6.50. The zero-order valence-corrected chi connectivity index (χ0v) is 15.7. The summed E-state index contributed by atoms with van der Waals surface area (Å²) in [6.07, 6.45) is 3.18. The Balaban J connectivity index is 2.04. The first-order chi connectivity index (χ1) is 12.0. The quantitative estimate of drug-likeness (QED) is 0.716. The monoisotopic (exact) mass is 361 g/mol. The average molecular weight is 361 g/mol. The van der Waals surface area contributed by atoms with E-state index in [1.54, 1.807) is 6.08 Å². The van der Waals surface area contributed by atoms with Crippen LogP contribution >= 0.6 is 11.3 Å². The number of nitrogens with zero attached hydrogens (tertiary/aromatic N) is 2. The lowest BCUT2D eigenvalue weighted by Gasteiger charge is -2.11. The molecule has 1 amide bonds. The molecule has 1 heterocycles. The molecule has 0 aliphatic carbocycles. The standard InChI is InChI=1S/C18H23N3O3S/c1-5-23-14-9-7-13(11-15(14)24-6-2)8-10-16(22)19-18-21-20-17(25-18)12(3)4/h7-12H,5-6H2,1-4H3,(H,19,21,22)/b10-8+. The lowest BCUT2D eigenvalue weighted by atomic mass is 10.2. The van der Waals surface area contributed by atoms with E-state index >= 15 is 0 Å². The molecular formula is C18H23N3O3S. The second-order valence-electron chi connectivity index (χ2n) is 5.49. The number of nitrogens with one attached hydrogen (secondary N) is 1. The Kier molecular flexibility index (Phi) is 6.94. The van der Waals surface area contributed by atoms with E-state index in [2.05, 4.69) is 15.5 Å². The Morgan fingerprint density at radius 3 is 2.56 bits per heavy atom. The number of benzene rings is 1. The lowest BCUT2D eigenvalue weighted by Crippen LogP contribution is -2.07. The van der Waals surface area contributed by atoms with Crippen LogP contribution in [0.2, 0.25) is 0 Å². The van der Waals surface area contributed by atoms with E-state index in [0.717, 1.165) is 10.6 Å². The lowest BCUT2D eigenvalue weighted by molar-refractivity contribution is -0.111. The van der Waals surface area contributed by atoms with Gasteiger partial charge in [0.1, 0.15) is 5.01 Å². The summed E-state index contributed by atoms with van der Waals surface area (Å²) in [5.41, 5.74) is 0.849. The van der Waals surface area contributed by atoms with Gasteiger partial charge in [-0.05, 0) is 37.6 Å². The molecule has 0 atom stereocenters. The van der Waals surface area contributed by atoms with Gasteiger partial charge in [-0.15, -0.1) is 10.2 Å². The second kappa shape index (κ2) is 9.17. The molecule has 7 heteroatoms. The van der Waals surface area contributed by atoms with E-state index in [1.807, 2.05) is 45.9 Å². The predicted molar refractivity (Wildman–Crippen MR) is 100 cm³/mol. The summed E-state index contributed by atoms with van der Waals surface area (Å²) in [4.78, 5) is 12.0. The number of aromatic nitrogens is 2. The molecule has 0 spiro atoms. The molecule has 1 N–H and O–H groups in total. The fraction of sp³-hybridized carbons (Fsp3) is 0.389. The van der Waals surface area contributed by atoms with Crippen LogP contribution in [-0.4, -0.2) is 29.3 Å². The average Bonchev–Trinajstić information content (AvgIpc) is 3.04. The molecule has 0 saturated heterocycles. The van der Waals surface area contributed by atoms with Crippen LogP contribution in [-0.2, 0) is 4.79 Å². The highest BCUT2D eigenvalue weighted by atomic mass is 32.1. The van der Waals surface area contributed by atoms with Gasteiger partial charge in [0.25, 0.3) is 0 Å². The van der Waals surface area contributed by atoms with E-state index in [9.17, 15) is 4.79 Å². The molecule has 134 valence electrons. The van der Waals surface area contributed by atoms with Gasteiger partial charge in [-0.25, -0.2) is 0 Å². The third-order valence-corrected chi connectivity index (χ3v) is 4.30. The topological polar surface area (TPSA) is 73.3 Å². The maximum absolute atomic E-state index is 12.0. The van der Waals surface area contributed by atoms with Crippen molar-refractivity contribution in [1.82, 2.24) is 10.2 Å². The fourth-order valence-electron chi connectivity index (χ4n) is 2.01. The number of ether oxygens (including phenoxy) is 2. The SMILES string of the molecule is CCOc1ccc(/C=C/C(=O)Nc2nnc(C(C)C)s2)cc1OCC. The first-order valence-corrected chi connectivity index (χ1v) is 9.07. The highest BCUT2D eigenvalue weighted by molar-refractivity contribution is 7.15. The maximum Gasteiger partial charge on any atom is 0.250 e. The van der Waals surface area contributed by atoms with Crippen LogP contribution in [0.25, 0.3) is 6.08 Å². The first kappa shape index (κ1) is 18.9. The molecule has 0 saturated carbocycles. The molecule has 2 rings (SSSR count). The molecule has 0 unspecified atom stereocenters. The van der Waals surface area contributed by atoms with Crippen molar-refractivity contribution in [1.29, 1.82) is 0 Å². The highest BCUT2D eigenvalue weighted by Gasteiger charge is 2.09. The summed E-state index contributed by atoms with van der Waals surface area (Å²) in [6.45, 7) is 9.02. The van der Waals surface area contributed by atoms with Crippen molar-refractivity contribution in [2.45, 2.75) is 33.6 Å². The van der Waals surface area contributed by atoms with E-state index in [1.165, 1.54) is 17.4 Å². The van der Waals surface area contributed by atoms with Gasteiger partial charge in [0.2, 0.25) is 11.0 Å². The Morgan fingerprint density at radius 1 is 1.20 bits per heavy atom. The minimum Gasteiger partial charge on any atom is -0.490 e. The van der Waals surface area contributed by atoms with Crippen LogP contribution in [0.15, 0.2) is 24.3 Å². The molecule has 0 radical (unpaired) electrons. The molecule has 6 nitrogen and oxygen atoms in total. The summed E-state index contributed by atoms with van der Waals surface area (Å²) in [5, 5.41) is 12.1. The van der Waals surface area contributed by atoms with Crippen molar-refractivity contribution in [3.63, 3.8) is 0 Å². The number of rotatable bonds is 8. The Labute approximate surface area is 151 Å². The predicted octanol–water partition coefficient (Wildman–Crippen LogP) is 4.11. The van der Waals surface area contributed by atoms with E-state index < -0.39 is 0 Å². The van der Waals surface area contributed by atoms with Gasteiger partial charge in [0, 0.05) is 12.0 Å². The Hall–Kier alpha value is -2.41. The van der Waals surface area contributed by atoms with E-state index in [0.29, 0.717) is 35.8 Å². The third-order valence-electron chi connectivity index (χ3n) is 3.16. The summed E-state index contributed by atoms with van der Waals surface area (Å²) in [6, 6.07) is 5.56. The molecule has 2 aromatic rings. The first-order valence-electron chi connectivity index (χ1n) is 8.25. The van der Waals surface area contributed by atoms with E-state index in [4.69, 9.17) is 9.47 Å². The van der Waals surface area contributed by atoms with Gasteiger partial charge in [-0.3, -0.25) is 10.1 Å². The van der Waals surface area contributed by atoms with Crippen molar-refractivity contribution in [3.05, 3.63) is 34.8 Å². The van der Waals surface area contributed by atoms with Crippen molar-refractivity contribution in [2.24, 2.45) is 0 Å². The van der Waals surface area contributed by atoms with E-state index in [-0.39, 0.29) is 5.91 Å². The number of anilines is 1. The van der Waals surface area contributed by atoms with Gasteiger partial charge < -0.3 is 9.47 Å². The summed E-state index contributed by atoms with van der Waals surface area (Å²) in [5.74, 6) is 1.40. The molecule has 25 heavy (non-hydrogen) atoms. The minimum absolute atomic E-state index is 0.252. The smallest absolute Gasteiger partial charge is 0.250 e. The van der Waals surface area contributed by atoms with Crippen LogP contribution < -0.4 is 14.8 Å². The van der Waals surface area contributed by atoms with Gasteiger partial charge in [-0.2, -0.15) is 0 Å². The van der Waals surface area contributed by atoms with Gasteiger partial charge in [0.15, 0.2) is 11.5 Å². The van der Waals surface area contributed by atoms with Crippen molar-refractivity contribution in [3.8, 4) is 11.5 Å². The number of hydrogen-bond donors (Lipinski definition) is 1. The minimum atomic E-state index is -0.252. The molecule has 0 aliphatic heterocycles. The molecule has 0 fully saturated rings. The number of carbonyl (C=O) groups excluding carboxylic acids is 1. The van der Waals surface area contributed by atoms with Gasteiger partial charge >= 0.3 is 0 Å². The van der Waals surface area contributed by atoms with Crippen molar-refractivity contribution in [2.75, 3.05) is 18.5 Å². The van der Waals surface area contributed by atoms with Crippen LogP contribution in [0.4, 0.5) is 5.13 Å². The fourth-order valence-corrected chi connectivity index (χ4v) is 2.76. The third kappa shape index (κ3) is 5.56. The molecule has 0 aliphatic rings. The molecule has 0 bridgehead atoms. The number of carbonyl (C=O) groups is 1. The van der Waals surface area contributed by atoms with Crippen molar-refractivity contribution < 1.29 is 14.3 Å². The normalized spacial score (nSPS) is 11.1. The summed E-state index contributed by atoms with van der Waals surface area (Å²) < 4.78 is 11.1. The van der Waals surface area contributed by atoms with Gasteiger partial charge in [-0.1, -0.05) is 31.3 Å². The summed E-state index contributed by atoms with van der Waals surface area (Å²) >= 11 is 1.38.